The number of nitrogens with two attached hydrogens (primary N) is 1. The maximum Gasteiger partial charge on any atom is 0.0372 e. The zero-order valence-electron chi connectivity index (χ0n) is 10.1. The normalized spacial score (nSPS) is 21.2. The van der Waals surface area contributed by atoms with E-state index in [0.29, 0.717) is 12.6 Å². The Balaban J connectivity index is 2.22. The molecule has 1 aromatic carbocycles. The summed E-state index contributed by atoms with van der Waals surface area (Å²) in [5, 5.41) is 0. The third kappa shape index (κ3) is 2.36. The first-order valence-electron chi connectivity index (χ1n) is 5.86. The zero-order chi connectivity index (χ0) is 11.5. The Kier molecular flexibility index (Phi) is 3.77. The number of rotatable bonds is 2. The molecule has 2 N–H and O–H groups in total. The van der Waals surface area contributed by atoms with Crippen LogP contribution >= 0.6 is 11.8 Å². The summed E-state index contributed by atoms with van der Waals surface area (Å²) < 4.78 is 0. The molecule has 0 spiro atoms. The molecule has 0 saturated carbocycles. The molecule has 88 valence electrons. The van der Waals surface area contributed by atoms with Crippen LogP contribution in [0.5, 0.6) is 0 Å². The van der Waals surface area contributed by atoms with Gasteiger partial charge in [0, 0.05) is 36.3 Å². The number of hydrogen-bond acceptors (Lipinski definition) is 3. The lowest BCUT2D eigenvalue weighted by Crippen LogP contribution is -2.40. The van der Waals surface area contributed by atoms with Gasteiger partial charge in [0.15, 0.2) is 0 Å². The highest BCUT2D eigenvalue weighted by atomic mass is 32.2. The number of anilines is 1. The van der Waals surface area contributed by atoms with Crippen LogP contribution in [-0.2, 0) is 6.54 Å². The molecule has 1 saturated heterocycles. The van der Waals surface area contributed by atoms with Crippen molar-refractivity contribution in [3.63, 3.8) is 0 Å². The van der Waals surface area contributed by atoms with Gasteiger partial charge >= 0.3 is 0 Å². The van der Waals surface area contributed by atoms with Gasteiger partial charge in [-0.3, -0.25) is 0 Å². The van der Waals surface area contributed by atoms with E-state index in [1.165, 1.54) is 28.3 Å². The maximum atomic E-state index is 5.69. The molecule has 1 atom stereocenters. The van der Waals surface area contributed by atoms with Crippen molar-refractivity contribution in [2.45, 2.75) is 26.4 Å². The standard InChI is InChI=1S/C13H20N2S/c1-10-7-13(4-3-12(10)8-14)15-5-6-16-9-11(15)2/h3-4,7,11H,5-6,8-9,14H2,1-2H3. The van der Waals surface area contributed by atoms with Gasteiger partial charge in [0.25, 0.3) is 0 Å². The Hall–Kier alpha value is -0.670. The number of thioether (sulfide) groups is 1. The van der Waals surface area contributed by atoms with E-state index in [1.54, 1.807) is 0 Å². The second-order valence-corrected chi connectivity index (χ2v) is 5.58. The Bertz CT molecular complexity index is 365. The second kappa shape index (κ2) is 5.11. The molecule has 1 aliphatic heterocycles. The smallest absolute Gasteiger partial charge is 0.0372 e. The molecule has 1 aliphatic rings. The Morgan fingerprint density at radius 1 is 1.50 bits per heavy atom. The quantitative estimate of drug-likeness (QED) is 0.855. The van der Waals surface area contributed by atoms with Gasteiger partial charge in [0.05, 0.1) is 0 Å². The van der Waals surface area contributed by atoms with Crippen molar-refractivity contribution in [2.24, 2.45) is 5.73 Å². The fraction of sp³-hybridized carbons (Fsp3) is 0.538. The Morgan fingerprint density at radius 3 is 2.94 bits per heavy atom. The van der Waals surface area contributed by atoms with Crippen LogP contribution in [0.1, 0.15) is 18.1 Å². The molecular formula is C13H20N2S. The summed E-state index contributed by atoms with van der Waals surface area (Å²) in [6, 6.07) is 7.29. The van der Waals surface area contributed by atoms with E-state index in [2.05, 4.69) is 48.7 Å². The fourth-order valence-electron chi connectivity index (χ4n) is 2.20. The van der Waals surface area contributed by atoms with E-state index in [9.17, 15) is 0 Å². The first kappa shape index (κ1) is 11.8. The van der Waals surface area contributed by atoms with E-state index >= 15 is 0 Å². The van der Waals surface area contributed by atoms with Crippen LogP contribution in [0.25, 0.3) is 0 Å². The maximum absolute atomic E-state index is 5.69. The summed E-state index contributed by atoms with van der Waals surface area (Å²) in [6.45, 7) is 6.25. The molecule has 0 bridgehead atoms. The fourth-order valence-corrected chi connectivity index (χ4v) is 3.21. The van der Waals surface area contributed by atoms with Gasteiger partial charge in [0.2, 0.25) is 0 Å². The van der Waals surface area contributed by atoms with Crippen LogP contribution in [0.2, 0.25) is 0 Å². The SMILES string of the molecule is Cc1cc(N2CCSCC2C)ccc1CN. The molecule has 16 heavy (non-hydrogen) atoms. The molecule has 0 radical (unpaired) electrons. The van der Waals surface area contributed by atoms with E-state index in [0.717, 1.165) is 6.54 Å². The molecule has 1 aromatic rings. The lowest BCUT2D eigenvalue weighted by Gasteiger charge is -2.35. The van der Waals surface area contributed by atoms with Crippen LogP contribution in [-0.4, -0.2) is 24.1 Å². The third-order valence-corrected chi connectivity index (χ3v) is 4.43. The second-order valence-electron chi connectivity index (χ2n) is 4.43. The molecule has 2 rings (SSSR count). The largest absolute Gasteiger partial charge is 0.367 e. The zero-order valence-corrected chi connectivity index (χ0v) is 10.9. The lowest BCUT2D eigenvalue weighted by molar-refractivity contribution is 0.699. The highest BCUT2D eigenvalue weighted by Gasteiger charge is 2.18. The van der Waals surface area contributed by atoms with Crippen LogP contribution in [0.3, 0.4) is 0 Å². The van der Waals surface area contributed by atoms with Crippen molar-refractivity contribution in [3.05, 3.63) is 29.3 Å². The van der Waals surface area contributed by atoms with Gasteiger partial charge in [0.1, 0.15) is 0 Å². The Labute approximate surface area is 102 Å². The third-order valence-electron chi connectivity index (χ3n) is 3.25. The molecular weight excluding hydrogens is 216 g/mol. The summed E-state index contributed by atoms with van der Waals surface area (Å²) in [5.74, 6) is 2.47. The minimum absolute atomic E-state index is 0.636. The first-order valence-corrected chi connectivity index (χ1v) is 7.02. The van der Waals surface area contributed by atoms with Crippen LogP contribution in [0, 0.1) is 6.92 Å². The molecule has 3 heteroatoms. The predicted octanol–water partition coefficient (Wildman–Crippen LogP) is 2.40. The van der Waals surface area contributed by atoms with E-state index in [-0.39, 0.29) is 0 Å². The molecule has 1 fully saturated rings. The molecule has 1 unspecified atom stereocenters. The van der Waals surface area contributed by atoms with Crippen molar-refractivity contribution in [1.82, 2.24) is 0 Å². The van der Waals surface area contributed by atoms with Crippen LogP contribution < -0.4 is 10.6 Å². The van der Waals surface area contributed by atoms with Crippen molar-refractivity contribution < 1.29 is 0 Å². The van der Waals surface area contributed by atoms with Gasteiger partial charge in [-0.05, 0) is 37.1 Å². The number of hydrogen-bond donors (Lipinski definition) is 1. The number of benzene rings is 1. The average Bonchev–Trinajstić information content (AvgIpc) is 2.29. The number of nitrogens with zero attached hydrogens (tertiary/aromatic N) is 1. The first-order chi connectivity index (χ1) is 7.72. The molecule has 0 aliphatic carbocycles. The van der Waals surface area contributed by atoms with Gasteiger partial charge in [-0.15, -0.1) is 0 Å². The van der Waals surface area contributed by atoms with Crippen molar-refractivity contribution in [1.29, 1.82) is 0 Å². The molecule has 0 amide bonds. The predicted molar refractivity (Wildman–Crippen MR) is 73.2 cm³/mol. The van der Waals surface area contributed by atoms with Gasteiger partial charge in [-0.1, -0.05) is 6.07 Å². The van der Waals surface area contributed by atoms with E-state index < -0.39 is 0 Å². The van der Waals surface area contributed by atoms with Gasteiger partial charge < -0.3 is 10.6 Å². The van der Waals surface area contributed by atoms with Crippen molar-refractivity contribution in [3.8, 4) is 0 Å². The minimum atomic E-state index is 0.636. The van der Waals surface area contributed by atoms with Crippen LogP contribution in [0.15, 0.2) is 18.2 Å². The number of aryl methyl sites for hydroxylation is 1. The summed E-state index contributed by atoms with van der Waals surface area (Å²) in [7, 11) is 0. The Morgan fingerprint density at radius 2 is 2.31 bits per heavy atom. The highest BCUT2D eigenvalue weighted by molar-refractivity contribution is 7.99. The summed E-state index contributed by atoms with van der Waals surface area (Å²) in [4.78, 5) is 2.50. The minimum Gasteiger partial charge on any atom is -0.367 e. The topological polar surface area (TPSA) is 29.3 Å². The highest BCUT2D eigenvalue weighted by Crippen LogP contribution is 2.25. The van der Waals surface area contributed by atoms with Gasteiger partial charge in [-0.25, -0.2) is 0 Å². The van der Waals surface area contributed by atoms with E-state index in [1.807, 2.05) is 0 Å². The summed E-state index contributed by atoms with van der Waals surface area (Å²) in [6.07, 6.45) is 0. The summed E-state index contributed by atoms with van der Waals surface area (Å²) in [5.41, 5.74) is 9.60. The molecule has 0 aromatic heterocycles. The summed E-state index contributed by atoms with van der Waals surface area (Å²) >= 11 is 2.05. The molecule has 2 nitrogen and oxygen atoms in total. The molecule has 1 heterocycles. The monoisotopic (exact) mass is 236 g/mol. The lowest BCUT2D eigenvalue weighted by atomic mass is 10.1. The average molecular weight is 236 g/mol. The van der Waals surface area contributed by atoms with Crippen molar-refractivity contribution >= 4 is 17.4 Å². The van der Waals surface area contributed by atoms with Crippen LogP contribution in [0.4, 0.5) is 5.69 Å². The van der Waals surface area contributed by atoms with Gasteiger partial charge in [-0.2, -0.15) is 11.8 Å². The van der Waals surface area contributed by atoms with Crippen molar-refractivity contribution in [2.75, 3.05) is 23.0 Å². The van der Waals surface area contributed by atoms with E-state index in [4.69, 9.17) is 5.73 Å².